The van der Waals surface area contributed by atoms with Gasteiger partial charge in [-0.05, 0) is 42.0 Å². The summed E-state index contributed by atoms with van der Waals surface area (Å²) in [6, 6.07) is 22.4. The van der Waals surface area contributed by atoms with Gasteiger partial charge in [0.2, 0.25) is 5.88 Å². The van der Waals surface area contributed by atoms with Gasteiger partial charge in [-0.1, -0.05) is 30.3 Å². The lowest BCUT2D eigenvalue weighted by Gasteiger charge is -2.14. The highest BCUT2D eigenvalue weighted by molar-refractivity contribution is 5.85. The second-order valence-corrected chi connectivity index (χ2v) is 7.30. The summed E-state index contributed by atoms with van der Waals surface area (Å²) in [7, 11) is 0. The number of rotatable bonds is 11. The maximum absolute atomic E-state index is 12.4. The van der Waals surface area contributed by atoms with E-state index in [4.69, 9.17) is 4.74 Å². The third kappa shape index (κ3) is 6.18. The van der Waals surface area contributed by atoms with Gasteiger partial charge in [0.05, 0.1) is 17.0 Å². The molecule has 1 heterocycles. The molecule has 4 rings (SSSR count). The number of benzene rings is 3. The molecule has 3 aromatic carbocycles. The lowest BCUT2D eigenvalue weighted by molar-refractivity contribution is -0.0518. The van der Waals surface area contributed by atoms with Gasteiger partial charge in [-0.25, -0.2) is 0 Å². The highest BCUT2D eigenvalue weighted by Crippen LogP contribution is 2.27. The number of para-hydroxylation sites is 1. The maximum Gasteiger partial charge on any atom is 0.388 e. The van der Waals surface area contributed by atoms with Crippen LogP contribution in [0.4, 0.5) is 20.2 Å². The van der Waals surface area contributed by atoms with E-state index in [9.17, 15) is 13.9 Å². The van der Waals surface area contributed by atoms with Crippen LogP contribution in [0.2, 0.25) is 0 Å². The van der Waals surface area contributed by atoms with Gasteiger partial charge in [-0.2, -0.15) is 8.78 Å². The van der Waals surface area contributed by atoms with Crippen LogP contribution in [0.1, 0.15) is 11.7 Å². The summed E-state index contributed by atoms with van der Waals surface area (Å²) in [6.45, 7) is -1.69. The molecule has 4 N–H and O–H groups in total. The number of aliphatic hydroxyl groups excluding tert-OH is 1. The van der Waals surface area contributed by atoms with Crippen LogP contribution in [-0.4, -0.2) is 41.6 Å². The smallest absolute Gasteiger partial charge is 0.388 e. The van der Waals surface area contributed by atoms with Gasteiger partial charge in [0.25, 0.3) is 0 Å². The van der Waals surface area contributed by atoms with E-state index in [-0.39, 0.29) is 5.88 Å². The Morgan fingerprint density at radius 3 is 2.61 bits per heavy atom. The molecule has 7 nitrogen and oxygen atoms in total. The van der Waals surface area contributed by atoms with E-state index >= 15 is 0 Å². The summed E-state index contributed by atoms with van der Waals surface area (Å²) in [5.74, 6) is 0.419. The largest absolute Gasteiger partial charge is 0.492 e. The van der Waals surface area contributed by atoms with Gasteiger partial charge >= 0.3 is 6.61 Å². The second kappa shape index (κ2) is 10.8. The molecule has 0 amide bonds. The van der Waals surface area contributed by atoms with Crippen LogP contribution < -0.4 is 20.1 Å². The molecule has 9 heteroatoms. The molecule has 1 atom stereocenters. The molecule has 0 saturated heterocycles. The van der Waals surface area contributed by atoms with Crippen molar-refractivity contribution in [3.63, 3.8) is 0 Å². The average Bonchev–Trinajstić information content (AvgIpc) is 3.21. The molecule has 0 bridgehead atoms. The average molecular weight is 454 g/mol. The van der Waals surface area contributed by atoms with Gasteiger partial charge in [-0.15, -0.1) is 5.10 Å². The first-order valence-corrected chi connectivity index (χ1v) is 10.4. The number of aliphatic hydroxyl groups is 1. The Hall–Kier alpha value is -3.69. The van der Waals surface area contributed by atoms with Gasteiger partial charge in [0.1, 0.15) is 12.4 Å². The minimum Gasteiger partial charge on any atom is -0.492 e. The maximum atomic E-state index is 12.4. The monoisotopic (exact) mass is 454 g/mol. The number of nitrogens with zero attached hydrogens (tertiary/aromatic N) is 1. The van der Waals surface area contributed by atoms with E-state index in [2.05, 4.69) is 25.6 Å². The summed E-state index contributed by atoms with van der Waals surface area (Å²) >= 11 is 0. The Kier molecular flexibility index (Phi) is 7.33. The molecular weight excluding hydrogens is 430 g/mol. The van der Waals surface area contributed by atoms with Crippen LogP contribution in [-0.2, 0) is 0 Å². The Bertz CT molecular complexity index is 1170. The molecule has 172 valence electrons. The number of aromatic nitrogens is 2. The van der Waals surface area contributed by atoms with E-state index in [0.717, 1.165) is 16.9 Å². The van der Waals surface area contributed by atoms with Crippen molar-refractivity contribution in [2.45, 2.75) is 12.7 Å². The molecule has 1 aromatic heterocycles. The van der Waals surface area contributed by atoms with Gasteiger partial charge in [0, 0.05) is 30.5 Å². The highest BCUT2D eigenvalue weighted by atomic mass is 19.3. The number of ether oxygens (including phenoxy) is 2. The molecule has 0 radical (unpaired) electrons. The molecule has 0 fully saturated rings. The SMILES string of the molecule is O[C@@H](CNCCOc1ccc2c(OC(F)F)n[nH]c2c1)c1cccc(Nc2ccccc2)c1. The summed E-state index contributed by atoms with van der Waals surface area (Å²) < 4.78 is 34.8. The number of fused-ring (bicyclic) bond motifs is 1. The van der Waals surface area contributed by atoms with Crippen LogP contribution in [0.25, 0.3) is 10.9 Å². The Morgan fingerprint density at radius 1 is 0.970 bits per heavy atom. The van der Waals surface area contributed by atoms with E-state index in [1.807, 2.05) is 54.6 Å². The van der Waals surface area contributed by atoms with Crippen molar-refractivity contribution in [1.82, 2.24) is 15.5 Å². The summed E-state index contributed by atoms with van der Waals surface area (Å²) in [6.07, 6.45) is -0.669. The lowest BCUT2D eigenvalue weighted by Crippen LogP contribution is -2.26. The van der Waals surface area contributed by atoms with Gasteiger partial charge in [-0.3, -0.25) is 5.10 Å². The molecule has 33 heavy (non-hydrogen) atoms. The van der Waals surface area contributed by atoms with Crippen molar-refractivity contribution in [3.8, 4) is 11.6 Å². The summed E-state index contributed by atoms with van der Waals surface area (Å²) in [5, 5.41) is 23.8. The Balaban J connectivity index is 1.23. The molecule has 0 unspecified atom stereocenters. The number of H-pyrrole nitrogens is 1. The zero-order valence-corrected chi connectivity index (χ0v) is 17.7. The first-order chi connectivity index (χ1) is 16.1. The number of hydrogen-bond donors (Lipinski definition) is 4. The molecule has 4 aromatic rings. The van der Waals surface area contributed by atoms with Crippen LogP contribution in [0.3, 0.4) is 0 Å². The number of halogens is 2. The zero-order valence-electron chi connectivity index (χ0n) is 17.7. The minimum atomic E-state index is -2.93. The highest BCUT2D eigenvalue weighted by Gasteiger charge is 2.12. The van der Waals surface area contributed by atoms with E-state index < -0.39 is 12.7 Å². The van der Waals surface area contributed by atoms with Gasteiger partial charge in [0.15, 0.2) is 0 Å². The van der Waals surface area contributed by atoms with Crippen LogP contribution >= 0.6 is 0 Å². The Morgan fingerprint density at radius 2 is 1.79 bits per heavy atom. The summed E-state index contributed by atoms with van der Waals surface area (Å²) in [5.41, 5.74) is 3.22. The molecular formula is C24H24F2N4O3. The fourth-order valence-electron chi connectivity index (χ4n) is 3.35. The van der Waals surface area contributed by atoms with Crippen molar-refractivity contribution in [1.29, 1.82) is 0 Å². The topological polar surface area (TPSA) is 91.4 Å². The third-order valence-corrected chi connectivity index (χ3v) is 4.92. The molecule has 0 aliphatic carbocycles. The third-order valence-electron chi connectivity index (χ3n) is 4.92. The predicted molar refractivity (Wildman–Crippen MR) is 122 cm³/mol. The number of hydrogen-bond acceptors (Lipinski definition) is 6. The van der Waals surface area contributed by atoms with E-state index in [1.165, 1.54) is 0 Å². The summed E-state index contributed by atoms with van der Waals surface area (Å²) in [4.78, 5) is 0. The van der Waals surface area contributed by atoms with E-state index in [1.54, 1.807) is 18.2 Å². The van der Waals surface area contributed by atoms with Crippen LogP contribution in [0.15, 0.2) is 72.8 Å². The first kappa shape index (κ1) is 22.5. The fraction of sp³-hybridized carbons (Fsp3) is 0.208. The van der Waals surface area contributed by atoms with Crippen LogP contribution in [0, 0.1) is 0 Å². The molecule has 0 spiro atoms. The number of nitrogens with one attached hydrogen (secondary N) is 3. The second-order valence-electron chi connectivity index (χ2n) is 7.30. The molecule has 0 aliphatic heterocycles. The van der Waals surface area contributed by atoms with Gasteiger partial charge < -0.3 is 25.2 Å². The predicted octanol–water partition coefficient (Wildman–Crippen LogP) is 4.61. The first-order valence-electron chi connectivity index (χ1n) is 10.4. The quantitative estimate of drug-likeness (QED) is 0.248. The number of aromatic amines is 1. The molecule has 0 saturated carbocycles. The number of alkyl halides is 2. The number of anilines is 2. The zero-order chi connectivity index (χ0) is 23.0. The van der Waals surface area contributed by atoms with E-state index in [0.29, 0.717) is 36.3 Å². The van der Waals surface area contributed by atoms with Crippen molar-refractivity contribution >= 4 is 22.3 Å². The van der Waals surface area contributed by atoms with Crippen molar-refractivity contribution in [2.24, 2.45) is 0 Å². The van der Waals surface area contributed by atoms with Crippen molar-refractivity contribution in [2.75, 3.05) is 25.0 Å². The minimum absolute atomic E-state index is 0.148. The molecule has 0 aliphatic rings. The van der Waals surface area contributed by atoms with Crippen LogP contribution in [0.5, 0.6) is 11.6 Å². The normalized spacial score (nSPS) is 12.1. The van der Waals surface area contributed by atoms with Crippen molar-refractivity contribution < 1.29 is 23.4 Å². The standard InChI is InChI=1S/C24H24F2N4O3/c25-24(26)33-23-20-10-9-19(14-21(20)29-30-23)32-12-11-27-15-22(31)16-5-4-8-18(13-16)28-17-6-2-1-3-7-17/h1-10,13-14,22,24,27-28,31H,11-12,15H2,(H,29,30)/t22-/m0/s1. The van der Waals surface area contributed by atoms with Crippen molar-refractivity contribution in [3.05, 3.63) is 78.4 Å². The fourth-order valence-corrected chi connectivity index (χ4v) is 3.35. The lowest BCUT2D eigenvalue weighted by atomic mass is 10.1. The Labute approximate surface area is 189 Å².